The van der Waals surface area contributed by atoms with E-state index in [1.807, 2.05) is 12.1 Å². The molecule has 0 spiro atoms. The minimum atomic E-state index is -0.160. The lowest BCUT2D eigenvalue weighted by Crippen LogP contribution is -2.39. The van der Waals surface area contributed by atoms with Gasteiger partial charge in [0.15, 0.2) is 0 Å². The predicted molar refractivity (Wildman–Crippen MR) is 94.8 cm³/mol. The molecule has 25 heavy (non-hydrogen) atoms. The van der Waals surface area contributed by atoms with Gasteiger partial charge in [-0.2, -0.15) is 5.10 Å². The molecule has 9 heteroatoms. The van der Waals surface area contributed by atoms with Gasteiger partial charge < -0.3 is 15.4 Å². The molecule has 7 nitrogen and oxygen atoms in total. The Morgan fingerprint density at radius 1 is 1.40 bits per heavy atom. The molecule has 1 aromatic carbocycles. The molecule has 1 saturated heterocycles. The number of carbonyl (C=O) groups is 1. The molecule has 1 fully saturated rings. The van der Waals surface area contributed by atoms with Crippen molar-refractivity contribution in [1.82, 2.24) is 25.4 Å². The number of hydrogen-bond donors (Lipinski definition) is 2. The molecule has 2 atom stereocenters. The van der Waals surface area contributed by atoms with E-state index in [0.717, 1.165) is 18.7 Å². The van der Waals surface area contributed by atoms with Crippen molar-refractivity contribution in [3.05, 3.63) is 46.5 Å². The summed E-state index contributed by atoms with van der Waals surface area (Å²) < 4.78 is 7.41. The monoisotopic (exact) mass is 383 g/mol. The molecule has 0 unspecified atom stereocenters. The minimum absolute atomic E-state index is 0.0592. The van der Waals surface area contributed by atoms with Crippen molar-refractivity contribution in [2.45, 2.75) is 18.6 Å². The van der Waals surface area contributed by atoms with E-state index in [4.69, 9.17) is 27.9 Å². The third-order valence-corrected chi connectivity index (χ3v) is 4.81. The topological polar surface area (TPSA) is 81.1 Å². The third kappa shape index (κ3) is 4.92. The van der Waals surface area contributed by atoms with E-state index in [2.05, 4.69) is 20.7 Å². The zero-order valence-corrected chi connectivity index (χ0v) is 15.0. The first kappa shape index (κ1) is 18.1. The van der Waals surface area contributed by atoms with Crippen LogP contribution in [0.15, 0.2) is 30.9 Å². The summed E-state index contributed by atoms with van der Waals surface area (Å²) in [6.45, 7) is 2.62. The number of carbonyl (C=O) groups excluding carboxylic acids is 1. The van der Waals surface area contributed by atoms with Gasteiger partial charge in [-0.05, 0) is 17.7 Å². The van der Waals surface area contributed by atoms with Gasteiger partial charge in [0, 0.05) is 25.6 Å². The average Bonchev–Trinajstić information content (AvgIpc) is 2.98. The van der Waals surface area contributed by atoms with E-state index in [0.29, 0.717) is 23.2 Å². The Morgan fingerprint density at radius 3 is 3.04 bits per heavy atom. The number of benzene rings is 1. The van der Waals surface area contributed by atoms with Crippen molar-refractivity contribution in [1.29, 1.82) is 0 Å². The number of aromatic nitrogens is 3. The van der Waals surface area contributed by atoms with Gasteiger partial charge >= 0.3 is 0 Å². The molecule has 1 aliphatic rings. The van der Waals surface area contributed by atoms with Gasteiger partial charge in [-0.3, -0.25) is 4.79 Å². The molecular weight excluding hydrogens is 365 g/mol. The van der Waals surface area contributed by atoms with E-state index in [-0.39, 0.29) is 24.5 Å². The van der Waals surface area contributed by atoms with Crippen LogP contribution >= 0.6 is 23.2 Å². The number of ether oxygens (including phenoxy) is 1. The lowest BCUT2D eigenvalue weighted by atomic mass is 9.93. The Morgan fingerprint density at radius 2 is 2.28 bits per heavy atom. The van der Waals surface area contributed by atoms with Crippen LogP contribution in [0.2, 0.25) is 10.0 Å². The standard InChI is InChI=1S/C16H19Cl2N5O2/c17-13-2-1-11(5-14(13)18)12-6-19-3-4-25-15(12)7-21-16(24)8-23-10-20-9-22-23/h1-2,5,9-10,12,15,19H,3-4,6-8H2,(H,21,24)/t12-,15+/m1/s1. The van der Waals surface area contributed by atoms with Crippen molar-refractivity contribution in [2.75, 3.05) is 26.2 Å². The fraction of sp³-hybridized carbons (Fsp3) is 0.438. The van der Waals surface area contributed by atoms with E-state index in [1.54, 1.807) is 6.07 Å². The quantitative estimate of drug-likeness (QED) is 0.816. The molecule has 0 saturated carbocycles. The van der Waals surface area contributed by atoms with Crippen molar-refractivity contribution in [3.8, 4) is 0 Å². The van der Waals surface area contributed by atoms with Crippen LogP contribution in [-0.4, -0.2) is 53.0 Å². The van der Waals surface area contributed by atoms with Crippen LogP contribution in [-0.2, 0) is 16.1 Å². The van der Waals surface area contributed by atoms with Crippen LogP contribution < -0.4 is 10.6 Å². The summed E-state index contributed by atoms with van der Waals surface area (Å²) in [5.74, 6) is -0.0804. The summed E-state index contributed by atoms with van der Waals surface area (Å²) >= 11 is 12.2. The first-order valence-corrected chi connectivity index (χ1v) is 8.75. The highest BCUT2D eigenvalue weighted by Gasteiger charge is 2.27. The molecule has 3 rings (SSSR count). The summed E-state index contributed by atoms with van der Waals surface area (Å²) in [6.07, 6.45) is 2.74. The molecule has 1 aliphatic heterocycles. The molecule has 0 radical (unpaired) electrons. The van der Waals surface area contributed by atoms with Crippen LogP contribution in [0, 0.1) is 0 Å². The van der Waals surface area contributed by atoms with E-state index < -0.39 is 0 Å². The lowest BCUT2D eigenvalue weighted by molar-refractivity contribution is -0.122. The number of hydrogen-bond acceptors (Lipinski definition) is 5. The first-order valence-electron chi connectivity index (χ1n) is 8.00. The summed E-state index contributed by atoms with van der Waals surface area (Å²) in [5, 5.41) is 11.2. The zero-order chi connectivity index (χ0) is 17.6. The van der Waals surface area contributed by atoms with Gasteiger partial charge in [-0.1, -0.05) is 29.3 Å². The third-order valence-electron chi connectivity index (χ3n) is 4.07. The fourth-order valence-corrected chi connectivity index (χ4v) is 3.10. The highest BCUT2D eigenvalue weighted by atomic mass is 35.5. The minimum Gasteiger partial charge on any atom is -0.374 e. The molecule has 2 aromatic rings. The van der Waals surface area contributed by atoms with Crippen molar-refractivity contribution in [2.24, 2.45) is 0 Å². The number of nitrogens with one attached hydrogen (secondary N) is 2. The van der Waals surface area contributed by atoms with Gasteiger partial charge in [0.2, 0.25) is 5.91 Å². The summed E-state index contributed by atoms with van der Waals surface area (Å²) in [6, 6.07) is 5.58. The van der Waals surface area contributed by atoms with Gasteiger partial charge in [0.1, 0.15) is 19.2 Å². The predicted octanol–water partition coefficient (Wildman–Crippen LogP) is 1.47. The lowest BCUT2D eigenvalue weighted by Gasteiger charge is -2.25. The van der Waals surface area contributed by atoms with Crippen LogP contribution in [0.1, 0.15) is 11.5 Å². The fourth-order valence-electron chi connectivity index (χ4n) is 2.80. The molecule has 1 aromatic heterocycles. The Balaban J connectivity index is 1.65. The van der Waals surface area contributed by atoms with Crippen LogP contribution in [0.3, 0.4) is 0 Å². The summed E-state index contributed by atoms with van der Waals surface area (Å²) in [5.41, 5.74) is 1.03. The molecule has 2 heterocycles. The Labute approximate surface area is 155 Å². The van der Waals surface area contributed by atoms with Crippen LogP contribution in [0.5, 0.6) is 0 Å². The van der Waals surface area contributed by atoms with Gasteiger partial charge in [-0.25, -0.2) is 9.67 Å². The van der Waals surface area contributed by atoms with Gasteiger partial charge in [-0.15, -0.1) is 0 Å². The molecule has 1 amide bonds. The van der Waals surface area contributed by atoms with E-state index >= 15 is 0 Å². The van der Waals surface area contributed by atoms with Crippen molar-refractivity contribution < 1.29 is 9.53 Å². The number of nitrogens with zero attached hydrogens (tertiary/aromatic N) is 3. The van der Waals surface area contributed by atoms with Crippen molar-refractivity contribution in [3.63, 3.8) is 0 Å². The molecule has 134 valence electrons. The second kappa shape index (κ2) is 8.62. The Bertz CT molecular complexity index is 711. The highest BCUT2D eigenvalue weighted by Crippen LogP contribution is 2.29. The van der Waals surface area contributed by atoms with Crippen molar-refractivity contribution >= 4 is 29.1 Å². The van der Waals surface area contributed by atoms with E-state index in [1.165, 1.54) is 17.3 Å². The molecule has 0 bridgehead atoms. The normalized spacial score (nSPS) is 20.9. The molecule has 0 aliphatic carbocycles. The zero-order valence-electron chi connectivity index (χ0n) is 13.5. The summed E-state index contributed by atoms with van der Waals surface area (Å²) in [4.78, 5) is 15.9. The first-order chi connectivity index (χ1) is 12.1. The molecular formula is C16H19Cl2N5O2. The Hall–Kier alpha value is -1.67. The van der Waals surface area contributed by atoms with E-state index in [9.17, 15) is 4.79 Å². The maximum atomic E-state index is 12.1. The second-order valence-electron chi connectivity index (χ2n) is 5.79. The highest BCUT2D eigenvalue weighted by molar-refractivity contribution is 6.42. The maximum Gasteiger partial charge on any atom is 0.241 e. The largest absolute Gasteiger partial charge is 0.374 e. The summed E-state index contributed by atoms with van der Waals surface area (Å²) in [7, 11) is 0. The van der Waals surface area contributed by atoms with Gasteiger partial charge in [0.25, 0.3) is 0 Å². The second-order valence-corrected chi connectivity index (χ2v) is 6.60. The molecule has 2 N–H and O–H groups in total. The average molecular weight is 384 g/mol. The smallest absolute Gasteiger partial charge is 0.241 e. The number of amides is 1. The SMILES string of the molecule is O=C(Cn1cncn1)NC[C@@H]1OCCNC[C@@H]1c1ccc(Cl)c(Cl)c1. The maximum absolute atomic E-state index is 12.1. The number of rotatable bonds is 5. The van der Waals surface area contributed by atoms with Crippen LogP contribution in [0.25, 0.3) is 0 Å². The Kier molecular flexibility index (Phi) is 6.25. The number of halogens is 2. The van der Waals surface area contributed by atoms with Gasteiger partial charge in [0.05, 0.1) is 22.8 Å². The van der Waals surface area contributed by atoms with Crippen LogP contribution in [0.4, 0.5) is 0 Å².